The van der Waals surface area contributed by atoms with Crippen molar-refractivity contribution in [3.63, 3.8) is 0 Å². The van der Waals surface area contributed by atoms with E-state index in [0.717, 1.165) is 0 Å². The maximum Gasteiger partial charge on any atom is 0.328 e. The lowest BCUT2D eigenvalue weighted by Crippen LogP contribution is -2.62. The number of carboxylic acid groups (broad SMARTS) is 3. The summed E-state index contributed by atoms with van der Waals surface area (Å²) in [4.78, 5) is 237. The van der Waals surface area contributed by atoms with E-state index in [0.29, 0.717) is 28.5 Å². The van der Waals surface area contributed by atoms with E-state index in [9.17, 15) is 128 Å². The van der Waals surface area contributed by atoms with Crippen LogP contribution in [0.15, 0.2) is 85.1 Å². The third-order valence-corrected chi connectivity index (χ3v) is 19.6. The lowest BCUT2D eigenvalue weighted by molar-refractivity contribution is -0.143. The molecule has 126 heavy (non-hydrogen) atoms. The van der Waals surface area contributed by atoms with Crippen molar-refractivity contribution in [1.29, 1.82) is 0 Å². The van der Waals surface area contributed by atoms with Gasteiger partial charge in [0.25, 0.3) is 0 Å². The number of aliphatic hydroxyl groups is 6. The van der Waals surface area contributed by atoms with Crippen molar-refractivity contribution in [2.75, 3.05) is 52.7 Å². The smallest absolute Gasteiger partial charge is 0.328 e. The van der Waals surface area contributed by atoms with E-state index in [1.807, 2.05) is 0 Å². The molecule has 45 nitrogen and oxygen atoms in total. The fourth-order valence-electron chi connectivity index (χ4n) is 12.7. The van der Waals surface area contributed by atoms with Crippen LogP contribution in [0.1, 0.15) is 121 Å². The molecule has 0 saturated carbocycles. The molecule has 696 valence electrons. The number of hydrogen-bond acceptors (Lipinski definition) is 27. The number of nitrogens with one attached hydrogen (secondary N) is 15. The van der Waals surface area contributed by atoms with Crippen LogP contribution in [0.4, 0.5) is 0 Å². The molecule has 0 spiro atoms. The second-order valence-electron chi connectivity index (χ2n) is 30.7. The highest BCUT2D eigenvalue weighted by molar-refractivity contribution is 6.01. The summed E-state index contributed by atoms with van der Waals surface area (Å²) in [6, 6.07) is -6.06. The molecule has 0 aliphatic heterocycles. The number of rotatable bonds is 59. The highest BCUT2D eigenvalue weighted by Crippen LogP contribution is 2.21. The fraction of sp³-hybridized carbons (Fsp3) is 0.543. The summed E-state index contributed by atoms with van der Waals surface area (Å²) in [6.45, 7) is 0.404. The molecule has 3 aromatic carbocycles. The minimum absolute atomic E-state index is 0.0797. The molecule has 0 radical (unpaired) electrons. The predicted octanol–water partition coefficient (Wildman–Crippen LogP) is -7.87. The number of aliphatic carboxylic acids is 3. The van der Waals surface area contributed by atoms with Gasteiger partial charge in [-0.2, -0.15) is 0 Å². The Morgan fingerprint density at radius 1 is 0.325 bits per heavy atom. The Labute approximate surface area is 724 Å². The number of amides is 14. The average molecular weight is 1780 g/mol. The molecular formula is C81H120N18O27. The van der Waals surface area contributed by atoms with Crippen molar-refractivity contribution in [2.45, 2.75) is 215 Å². The van der Waals surface area contributed by atoms with Crippen molar-refractivity contribution in [1.82, 2.24) is 79.4 Å². The molecule has 0 fully saturated rings. The van der Waals surface area contributed by atoms with Gasteiger partial charge in [-0.05, 0) is 124 Å². The van der Waals surface area contributed by atoms with Gasteiger partial charge in [-0.15, -0.1) is 0 Å². The van der Waals surface area contributed by atoms with Crippen LogP contribution in [0.2, 0.25) is 0 Å². The average Bonchev–Trinajstić information content (AvgIpc) is 1.65. The number of phenols is 1. The van der Waals surface area contributed by atoms with E-state index in [1.165, 1.54) is 30.5 Å². The molecule has 14 amide bonds. The van der Waals surface area contributed by atoms with Crippen LogP contribution in [0.3, 0.4) is 0 Å². The quantitative estimate of drug-likeness (QED) is 0.0183. The zero-order valence-corrected chi connectivity index (χ0v) is 70.3. The normalized spacial score (nSPS) is 14.8. The molecule has 1 heterocycles. The van der Waals surface area contributed by atoms with Crippen LogP contribution in [0.25, 0.3) is 10.9 Å². The van der Waals surface area contributed by atoms with E-state index in [-0.39, 0.29) is 81.7 Å². The standard InChI is InChI=1S/C81H120N18O27/c1-42(2)30-55(90-77(121)60(37-101)95-67(111)49(84)36-100)72(116)86-51(18-10-12-28-82)68(112)88-53(24-26-65(107)108)70(114)92-58(33-45-20-22-47(106)23-21-45)74(118)94-59(34-46-35-85-50-17-9-8-16-48(46)50)76(120)97-63(40-104)80(124)98-62(39-103)78(122)91-56(31-43(3)4)73(117)87-52(19-11-13-29-83)69(113)89-54(25-27-66(109)110)71(115)96-61(38-102)79(123)93-57(32-44-14-6-5-7-15-44)75(119)99-64(41-105)81(125)126/h5-9,14-17,20-23,35,42-43,49,51-64,85,100-106H,10-13,18-19,24-34,36-41,82-84H2,1-4H3,(H,86,116)(H,87,117)(H,88,112)(H,89,113)(H,90,121)(H,91,122)(H,92,114)(H,93,123)(H,94,118)(H,95,111)(H,96,115)(H,97,120)(H,98,124)(H,99,119)(H,107,108)(H,109,110)(H,125,126)/t49-,51-,52-,53-,54-,55-,56-,57-,58-,59-,60-,61-,62-,63-,64-/m0/s1. The van der Waals surface area contributed by atoms with Gasteiger partial charge >= 0.3 is 17.9 Å². The summed E-state index contributed by atoms with van der Waals surface area (Å²) < 4.78 is 0. The Balaban J connectivity index is 1.64. The number of carbonyl (C=O) groups is 17. The molecule has 15 atom stereocenters. The molecule has 0 aliphatic rings. The van der Waals surface area contributed by atoms with Gasteiger partial charge in [0, 0.05) is 49.2 Å². The number of aromatic nitrogens is 1. The lowest BCUT2D eigenvalue weighted by atomic mass is 10.0. The van der Waals surface area contributed by atoms with E-state index < -0.39 is 275 Å². The van der Waals surface area contributed by atoms with Crippen LogP contribution in [0, 0.1) is 11.8 Å². The largest absolute Gasteiger partial charge is 0.508 e. The summed E-state index contributed by atoms with van der Waals surface area (Å²) in [7, 11) is 0. The van der Waals surface area contributed by atoms with E-state index in [2.05, 4.69) is 79.4 Å². The summed E-state index contributed by atoms with van der Waals surface area (Å²) >= 11 is 0. The molecule has 31 N–H and O–H groups in total. The van der Waals surface area contributed by atoms with Crippen LogP contribution >= 0.6 is 0 Å². The van der Waals surface area contributed by atoms with Gasteiger partial charge in [0.15, 0.2) is 0 Å². The first kappa shape index (κ1) is 106. The number of aliphatic hydroxyl groups excluding tert-OH is 6. The monoisotopic (exact) mass is 1780 g/mol. The Morgan fingerprint density at radius 3 is 0.968 bits per heavy atom. The Kier molecular flexibility index (Phi) is 46.3. The predicted molar refractivity (Wildman–Crippen MR) is 448 cm³/mol. The highest BCUT2D eigenvalue weighted by atomic mass is 16.4. The Morgan fingerprint density at radius 2 is 0.619 bits per heavy atom. The molecule has 0 saturated heterocycles. The van der Waals surface area contributed by atoms with Gasteiger partial charge < -0.3 is 148 Å². The third-order valence-electron chi connectivity index (χ3n) is 19.6. The zero-order valence-electron chi connectivity index (χ0n) is 70.3. The van der Waals surface area contributed by atoms with Gasteiger partial charge in [0.05, 0.1) is 39.6 Å². The molecule has 1 aromatic heterocycles. The second-order valence-corrected chi connectivity index (χ2v) is 30.7. The van der Waals surface area contributed by atoms with Crippen molar-refractivity contribution in [3.8, 4) is 5.75 Å². The minimum atomic E-state index is -2.04. The first-order chi connectivity index (χ1) is 59.8. The zero-order chi connectivity index (χ0) is 93.9. The molecule has 0 unspecified atom stereocenters. The number of aromatic hydroxyl groups is 1. The summed E-state index contributed by atoms with van der Waals surface area (Å²) in [5.41, 5.74) is 18.7. The number of nitrogens with two attached hydrogens (primary N) is 3. The van der Waals surface area contributed by atoms with Gasteiger partial charge in [-0.1, -0.05) is 88.4 Å². The molecule has 0 aliphatic carbocycles. The number of unbranched alkanes of at least 4 members (excludes halogenated alkanes) is 2. The highest BCUT2D eigenvalue weighted by Gasteiger charge is 2.39. The van der Waals surface area contributed by atoms with E-state index in [1.54, 1.807) is 82.3 Å². The summed E-state index contributed by atoms with van der Waals surface area (Å²) in [5.74, 6) is -21.5. The lowest BCUT2D eigenvalue weighted by Gasteiger charge is -2.28. The number of H-pyrrole nitrogens is 1. The maximum absolute atomic E-state index is 15.1. The first-order valence-corrected chi connectivity index (χ1v) is 40.9. The van der Waals surface area contributed by atoms with Gasteiger partial charge in [0.2, 0.25) is 82.7 Å². The van der Waals surface area contributed by atoms with Crippen molar-refractivity contribution in [3.05, 3.63) is 102 Å². The Bertz CT molecular complexity index is 4290. The molecular weight excluding hydrogens is 1660 g/mol. The maximum atomic E-state index is 15.1. The number of fused-ring (bicyclic) bond motifs is 1. The number of carbonyl (C=O) groups excluding carboxylic acids is 14. The SMILES string of the molecule is CC(C)C[C@H](NC(=O)[C@H](CO)NC(=O)[C@H](CO)NC(=O)[C@H](Cc1c[nH]c2ccccc12)NC(=O)[C@H](Cc1ccc(O)cc1)NC(=O)[C@H](CCC(=O)O)NC(=O)[C@H](CCCCN)NC(=O)[C@H](CC(C)C)NC(=O)[C@H](CO)NC(=O)[C@@H](N)CO)C(=O)N[C@@H](CCCCN)C(=O)N[C@@H](CCC(=O)O)C(=O)N[C@@H](CO)C(=O)N[C@@H](Cc1ccccc1)C(=O)N[C@@H](CO)C(=O)O. The van der Waals surface area contributed by atoms with Crippen LogP contribution in [-0.4, -0.2) is 300 Å². The number of para-hydroxylation sites is 1. The van der Waals surface area contributed by atoms with E-state index in [4.69, 9.17) is 17.2 Å². The minimum Gasteiger partial charge on any atom is -0.508 e. The number of hydrogen-bond donors (Lipinski definition) is 28. The van der Waals surface area contributed by atoms with E-state index >= 15 is 4.79 Å². The summed E-state index contributed by atoms with van der Waals surface area (Å²) in [5, 5.41) is 134. The number of phenolic OH excluding ortho intramolecular Hbond substituents is 1. The second kappa shape index (κ2) is 55.1. The Hall–Kier alpha value is -12.4. The number of aromatic amines is 1. The van der Waals surface area contributed by atoms with Crippen LogP contribution in [-0.2, 0) is 101 Å². The number of benzene rings is 3. The molecule has 0 bridgehead atoms. The van der Waals surface area contributed by atoms with Crippen LogP contribution in [0.5, 0.6) is 5.75 Å². The summed E-state index contributed by atoms with van der Waals surface area (Å²) in [6.07, 6.45) is -2.36. The molecule has 45 heteroatoms. The van der Waals surface area contributed by atoms with Crippen molar-refractivity contribution < 1.29 is 133 Å². The van der Waals surface area contributed by atoms with Gasteiger partial charge in [-0.3, -0.25) is 76.7 Å². The third kappa shape index (κ3) is 36.4. The fourth-order valence-corrected chi connectivity index (χ4v) is 12.7. The first-order valence-electron chi connectivity index (χ1n) is 40.9. The molecule has 4 aromatic rings. The molecule has 4 rings (SSSR count). The van der Waals surface area contributed by atoms with Crippen LogP contribution < -0.4 is 91.6 Å². The van der Waals surface area contributed by atoms with Crippen molar-refractivity contribution in [2.24, 2.45) is 29.0 Å². The van der Waals surface area contributed by atoms with Gasteiger partial charge in [0.1, 0.15) is 96.4 Å². The van der Waals surface area contributed by atoms with Gasteiger partial charge in [-0.25, -0.2) is 4.79 Å². The number of carboxylic acids is 3. The van der Waals surface area contributed by atoms with Crippen molar-refractivity contribution >= 4 is 112 Å². The topological polar surface area (TPSA) is 755 Å².